The summed E-state index contributed by atoms with van der Waals surface area (Å²) in [4.78, 5) is 24.3. The summed E-state index contributed by atoms with van der Waals surface area (Å²) >= 11 is 0. The van der Waals surface area contributed by atoms with E-state index in [0.29, 0.717) is 6.42 Å². The van der Waals surface area contributed by atoms with Crippen LogP contribution in [0.3, 0.4) is 0 Å². The van der Waals surface area contributed by atoms with Crippen molar-refractivity contribution in [1.82, 2.24) is 9.88 Å². The molecule has 0 radical (unpaired) electrons. The van der Waals surface area contributed by atoms with Crippen molar-refractivity contribution in [2.45, 2.75) is 44.6 Å². The molecule has 0 saturated heterocycles. The van der Waals surface area contributed by atoms with Gasteiger partial charge in [0, 0.05) is 36.5 Å². The molecule has 0 spiro atoms. The summed E-state index contributed by atoms with van der Waals surface area (Å²) in [5, 5.41) is 3.98. The van der Waals surface area contributed by atoms with E-state index in [1.807, 2.05) is 42.1 Å². The van der Waals surface area contributed by atoms with Crippen LogP contribution in [0.1, 0.15) is 37.7 Å². The second-order valence-electron chi connectivity index (χ2n) is 6.78. The van der Waals surface area contributed by atoms with Gasteiger partial charge in [-0.1, -0.05) is 37.5 Å². The Kier molecular flexibility index (Phi) is 4.88. The van der Waals surface area contributed by atoms with Crippen LogP contribution >= 0.6 is 0 Å². The molecule has 128 valence electrons. The van der Waals surface area contributed by atoms with Crippen LogP contribution in [0.4, 0.5) is 0 Å². The largest absolute Gasteiger partial charge is 0.368 e. The lowest BCUT2D eigenvalue weighted by Gasteiger charge is -2.23. The number of benzene rings is 1. The number of fused-ring (bicyclic) bond motifs is 1. The molecule has 3 N–H and O–H groups in total. The zero-order valence-corrected chi connectivity index (χ0v) is 14.1. The highest BCUT2D eigenvalue weighted by atomic mass is 16.2. The topological polar surface area (TPSA) is 77.1 Å². The fraction of sp³-hybridized carbons (Fsp3) is 0.474. The van der Waals surface area contributed by atoms with Crippen LogP contribution in [-0.2, 0) is 23.1 Å². The van der Waals surface area contributed by atoms with Gasteiger partial charge in [-0.25, -0.2) is 0 Å². The molecule has 0 unspecified atom stereocenters. The van der Waals surface area contributed by atoms with E-state index in [-0.39, 0.29) is 11.8 Å². The second-order valence-corrected chi connectivity index (χ2v) is 6.78. The number of carbonyl (C=O) groups excluding carboxylic acids is 2. The Hall–Kier alpha value is -2.30. The molecule has 1 fully saturated rings. The van der Waals surface area contributed by atoms with Gasteiger partial charge in [0.1, 0.15) is 6.04 Å². The van der Waals surface area contributed by atoms with Gasteiger partial charge in [0.2, 0.25) is 11.8 Å². The van der Waals surface area contributed by atoms with Gasteiger partial charge in [0.05, 0.1) is 0 Å². The van der Waals surface area contributed by atoms with Crippen molar-refractivity contribution < 1.29 is 9.59 Å². The first-order valence-corrected chi connectivity index (χ1v) is 8.69. The van der Waals surface area contributed by atoms with E-state index in [2.05, 4.69) is 5.32 Å². The van der Waals surface area contributed by atoms with Crippen molar-refractivity contribution in [3.8, 4) is 0 Å². The third-order valence-electron chi connectivity index (χ3n) is 5.04. The van der Waals surface area contributed by atoms with Crippen molar-refractivity contribution in [3.63, 3.8) is 0 Å². The van der Waals surface area contributed by atoms with Crippen LogP contribution in [0.2, 0.25) is 0 Å². The molecule has 5 nitrogen and oxygen atoms in total. The lowest BCUT2D eigenvalue weighted by molar-refractivity contribution is -0.130. The van der Waals surface area contributed by atoms with Crippen molar-refractivity contribution in [1.29, 1.82) is 0 Å². The van der Waals surface area contributed by atoms with Gasteiger partial charge in [-0.2, -0.15) is 0 Å². The number of hydrogen-bond donors (Lipinski definition) is 2. The predicted octanol–water partition coefficient (Wildman–Crippen LogP) is 2.27. The molecule has 2 amide bonds. The molecule has 2 aromatic rings. The molecule has 24 heavy (non-hydrogen) atoms. The van der Waals surface area contributed by atoms with Crippen molar-refractivity contribution in [3.05, 3.63) is 36.0 Å². The van der Waals surface area contributed by atoms with Crippen LogP contribution in [0.5, 0.6) is 0 Å². The van der Waals surface area contributed by atoms with E-state index in [1.54, 1.807) is 0 Å². The summed E-state index contributed by atoms with van der Waals surface area (Å²) in [5.74, 6) is -0.487. The number of carbonyl (C=O) groups is 2. The first-order valence-electron chi connectivity index (χ1n) is 8.69. The number of aryl methyl sites for hydroxylation is 1. The molecule has 0 bridgehead atoms. The molecule has 1 aromatic heterocycles. The number of aromatic nitrogens is 1. The third-order valence-corrected chi connectivity index (χ3v) is 5.04. The van der Waals surface area contributed by atoms with E-state index < -0.39 is 11.9 Å². The normalized spacial score (nSPS) is 16.9. The Balaban J connectivity index is 1.76. The Labute approximate surface area is 142 Å². The average Bonchev–Trinajstić information content (AvgIpc) is 2.91. The van der Waals surface area contributed by atoms with E-state index in [1.165, 1.54) is 6.42 Å². The molecular formula is C19H25N3O2. The van der Waals surface area contributed by atoms with E-state index in [9.17, 15) is 9.59 Å². The molecule has 0 aliphatic heterocycles. The van der Waals surface area contributed by atoms with E-state index in [4.69, 9.17) is 5.73 Å². The summed E-state index contributed by atoms with van der Waals surface area (Å²) in [6, 6.07) is 7.38. The monoisotopic (exact) mass is 327 g/mol. The van der Waals surface area contributed by atoms with Crippen LogP contribution in [0.15, 0.2) is 30.5 Å². The van der Waals surface area contributed by atoms with Crippen LogP contribution < -0.4 is 11.1 Å². The summed E-state index contributed by atoms with van der Waals surface area (Å²) in [7, 11) is 1.98. The Morgan fingerprint density at radius 3 is 2.67 bits per heavy atom. The molecule has 5 heteroatoms. The average molecular weight is 327 g/mol. The standard InChI is InChI=1S/C19H25N3O2/c1-22-12-14(15-9-5-6-10-17(15)22)11-16(18(20)23)21-19(24)13-7-3-2-4-8-13/h5-6,9-10,12-13,16H,2-4,7-8,11H2,1H3,(H2,20,23)(H,21,24)/t16-/m0/s1. The molecule has 1 aromatic carbocycles. The third kappa shape index (κ3) is 3.45. The summed E-state index contributed by atoms with van der Waals surface area (Å²) in [5.41, 5.74) is 7.69. The number of rotatable bonds is 5. The van der Waals surface area contributed by atoms with Crippen molar-refractivity contribution in [2.24, 2.45) is 18.7 Å². The summed E-state index contributed by atoms with van der Waals surface area (Å²) in [6.07, 6.45) is 7.62. The SMILES string of the molecule is Cn1cc(C[C@H](NC(=O)C2CCCCC2)C(N)=O)c2ccccc21. The zero-order valence-electron chi connectivity index (χ0n) is 14.1. The highest BCUT2D eigenvalue weighted by Crippen LogP contribution is 2.25. The first kappa shape index (κ1) is 16.6. The fourth-order valence-corrected chi connectivity index (χ4v) is 3.69. The number of para-hydroxylation sites is 1. The van der Waals surface area contributed by atoms with Gasteiger partial charge in [0.25, 0.3) is 0 Å². The molecule has 1 aliphatic carbocycles. The zero-order chi connectivity index (χ0) is 17.1. The number of primary amides is 1. The van der Waals surface area contributed by atoms with Gasteiger partial charge < -0.3 is 15.6 Å². The van der Waals surface area contributed by atoms with Crippen LogP contribution in [0.25, 0.3) is 10.9 Å². The minimum atomic E-state index is -0.662. The highest BCUT2D eigenvalue weighted by molar-refractivity contribution is 5.89. The highest BCUT2D eigenvalue weighted by Gasteiger charge is 2.26. The summed E-state index contributed by atoms with van der Waals surface area (Å²) in [6.45, 7) is 0. The Bertz CT molecular complexity index is 744. The minimum Gasteiger partial charge on any atom is -0.368 e. The number of nitrogens with two attached hydrogens (primary N) is 1. The predicted molar refractivity (Wildman–Crippen MR) is 94.3 cm³/mol. The summed E-state index contributed by atoms with van der Waals surface area (Å²) < 4.78 is 2.03. The maximum atomic E-state index is 12.4. The smallest absolute Gasteiger partial charge is 0.240 e. The molecule has 1 saturated carbocycles. The maximum Gasteiger partial charge on any atom is 0.240 e. The maximum absolute atomic E-state index is 12.4. The molecule has 1 heterocycles. The van der Waals surface area contributed by atoms with E-state index in [0.717, 1.165) is 42.1 Å². The van der Waals surface area contributed by atoms with Crippen molar-refractivity contribution in [2.75, 3.05) is 0 Å². The minimum absolute atomic E-state index is 0.0214. The second kappa shape index (κ2) is 7.07. The van der Waals surface area contributed by atoms with Gasteiger partial charge in [-0.05, 0) is 24.5 Å². The lowest BCUT2D eigenvalue weighted by Crippen LogP contribution is -2.48. The lowest BCUT2D eigenvalue weighted by atomic mass is 9.88. The Morgan fingerprint density at radius 1 is 1.25 bits per heavy atom. The molecule has 1 aliphatic rings. The van der Waals surface area contributed by atoms with Crippen LogP contribution in [-0.4, -0.2) is 22.4 Å². The van der Waals surface area contributed by atoms with Crippen LogP contribution in [0, 0.1) is 5.92 Å². The van der Waals surface area contributed by atoms with Gasteiger partial charge >= 0.3 is 0 Å². The molecule has 1 atom stereocenters. The quantitative estimate of drug-likeness (QED) is 0.884. The number of amides is 2. The Morgan fingerprint density at radius 2 is 1.96 bits per heavy atom. The van der Waals surface area contributed by atoms with Gasteiger partial charge in [0.15, 0.2) is 0 Å². The van der Waals surface area contributed by atoms with Gasteiger partial charge in [-0.15, -0.1) is 0 Å². The van der Waals surface area contributed by atoms with E-state index >= 15 is 0 Å². The van der Waals surface area contributed by atoms with Crippen molar-refractivity contribution >= 4 is 22.7 Å². The number of nitrogens with zero attached hydrogens (tertiary/aromatic N) is 1. The number of hydrogen-bond acceptors (Lipinski definition) is 2. The molecular weight excluding hydrogens is 302 g/mol. The number of nitrogens with one attached hydrogen (secondary N) is 1. The van der Waals surface area contributed by atoms with Gasteiger partial charge in [-0.3, -0.25) is 9.59 Å². The fourth-order valence-electron chi connectivity index (χ4n) is 3.69. The molecule has 3 rings (SSSR count). The first-order chi connectivity index (χ1) is 11.6.